The van der Waals surface area contributed by atoms with Crippen LogP contribution >= 0.6 is 0 Å². The summed E-state index contributed by atoms with van der Waals surface area (Å²) in [6.07, 6.45) is 1.61. The first-order chi connectivity index (χ1) is 8.49. The molecule has 0 saturated carbocycles. The van der Waals surface area contributed by atoms with Crippen molar-refractivity contribution < 1.29 is 14.0 Å². The molecular formula is C12H17N3O3. The molecule has 18 heavy (non-hydrogen) atoms. The topological polar surface area (TPSA) is 75.4 Å². The molecule has 1 saturated heterocycles. The van der Waals surface area contributed by atoms with E-state index in [1.54, 1.807) is 13.1 Å². The second kappa shape index (κ2) is 4.80. The Morgan fingerprint density at radius 1 is 1.56 bits per heavy atom. The number of carbonyl (C=O) groups excluding carboxylic acids is 2. The minimum absolute atomic E-state index is 0.0434. The van der Waals surface area contributed by atoms with Crippen molar-refractivity contribution in [3.63, 3.8) is 0 Å². The second-order valence-corrected chi connectivity index (χ2v) is 4.79. The largest absolute Gasteiger partial charge is 0.444 e. The molecule has 0 spiro atoms. The van der Waals surface area contributed by atoms with Gasteiger partial charge in [0.1, 0.15) is 11.8 Å². The Morgan fingerprint density at radius 2 is 2.28 bits per heavy atom. The van der Waals surface area contributed by atoms with E-state index in [1.807, 2.05) is 13.8 Å². The number of piperazine rings is 1. The van der Waals surface area contributed by atoms with E-state index in [4.69, 9.17) is 4.42 Å². The predicted molar refractivity (Wildman–Crippen MR) is 63.4 cm³/mol. The number of hydrogen-bond donors (Lipinski definition) is 1. The van der Waals surface area contributed by atoms with Crippen LogP contribution in [0, 0.1) is 12.8 Å². The van der Waals surface area contributed by atoms with Crippen molar-refractivity contribution in [1.82, 2.24) is 15.2 Å². The highest BCUT2D eigenvalue weighted by Crippen LogP contribution is 2.18. The number of aromatic nitrogens is 1. The molecule has 6 nitrogen and oxygen atoms in total. The van der Waals surface area contributed by atoms with Crippen LogP contribution in [0.5, 0.6) is 0 Å². The maximum atomic E-state index is 11.9. The lowest BCUT2D eigenvalue weighted by Crippen LogP contribution is -2.59. The number of hydrogen-bond acceptors (Lipinski definition) is 4. The standard InChI is InChI=1S/C12H17N3O3/c1-7(2)11-12(17)14-5-10(16)15(11)6-9-13-4-8(3)18-9/h4,7,11H,5-6H2,1-3H3,(H,14,17). The van der Waals surface area contributed by atoms with Crippen molar-refractivity contribution in [2.75, 3.05) is 6.54 Å². The molecule has 0 aromatic carbocycles. The zero-order valence-electron chi connectivity index (χ0n) is 10.8. The molecule has 0 bridgehead atoms. The molecule has 1 aliphatic heterocycles. The van der Waals surface area contributed by atoms with Gasteiger partial charge in [0, 0.05) is 0 Å². The molecular weight excluding hydrogens is 234 g/mol. The third kappa shape index (κ3) is 2.37. The summed E-state index contributed by atoms with van der Waals surface area (Å²) in [5, 5.41) is 2.60. The van der Waals surface area contributed by atoms with E-state index < -0.39 is 6.04 Å². The fourth-order valence-electron chi connectivity index (χ4n) is 2.13. The van der Waals surface area contributed by atoms with Crippen LogP contribution in [-0.2, 0) is 16.1 Å². The van der Waals surface area contributed by atoms with E-state index >= 15 is 0 Å². The Kier molecular flexibility index (Phi) is 3.36. The van der Waals surface area contributed by atoms with Crippen LogP contribution in [0.3, 0.4) is 0 Å². The van der Waals surface area contributed by atoms with Crippen molar-refractivity contribution >= 4 is 11.8 Å². The van der Waals surface area contributed by atoms with Gasteiger partial charge in [-0.2, -0.15) is 0 Å². The molecule has 1 aliphatic rings. The summed E-state index contributed by atoms with van der Waals surface area (Å²) >= 11 is 0. The number of nitrogens with one attached hydrogen (secondary N) is 1. The summed E-state index contributed by atoms with van der Waals surface area (Å²) < 4.78 is 5.36. The molecule has 1 N–H and O–H groups in total. The average molecular weight is 251 g/mol. The lowest BCUT2D eigenvalue weighted by Gasteiger charge is -2.36. The highest BCUT2D eigenvalue weighted by Gasteiger charge is 2.37. The van der Waals surface area contributed by atoms with E-state index in [9.17, 15) is 9.59 Å². The molecule has 2 rings (SSSR count). The van der Waals surface area contributed by atoms with Gasteiger partial charge in [0.25, 0.3) is 0 Å². The molecule has 1 aromatic rings. The van der Waals surface area contributed by atoms with Crippen LogP contribution in [0.15, 0.2) is 10.6 Å². The van der Waals surface area contributed by atoms with Crippen LogP contribution < -0.4 is 5.32 Å². The van der Waals surface area contributed by atoms with Gasteiger partial charge >= 0.3 is 0 Å². The number of aryl methyl sites for hydroxylation is 1. The van der Waals surface area contributed by atoms with Gasteiger partial charge in [0.15, 0.2) is 0 Å². The van der Waals surface area contributed by atoms with Crippen LogP contribution in [0.1, 0.15) is 25.5 Å². The van der Waals surface area contributed by atoms with E-state index in [0.29, 0.717) is 11.7 Å². The predicted octanol–water partition coefficient (Wildman–Crippen LogP) is 0.466. The molecule has 6 heteroatoms. The number of rotatable bonds is 3. The van der Waals surface area contributed by atoms with Gasteiger partial charge in [0.2, 0.25) is 17.7 Å². The highest BCUT2D eigenvalue weighted by molar-refractivity contribution is 5.94. The molecule has 1 unspecified atom stereocenters. The second-order valence-electron chi connectivity index (χ2n) is 4.79. The van der Waals surface area contributed by atoms with Gasteiger partial charge < -0.3 is 14.6 Å². The molecule has 0 aliphatic carbocycles. The minimum Gasteiger partial charge on any atom is -0.444 e. The Balaban J connectivity index is 2.20. The van der Waals surface area contributed by atoms with Crippen LogP contribution in [-0.4, -0.2) is 34.3 Å². The summed E-state index contributed by atoms with van der Waals surface area (Å²) in [5.41, 5.74) is 0. The van der Waals surface area contributed by atoms with Crippen molar-refractivity contribution in [2.45, 2.75) is 33.4 Å². The SMILES string of the molecule is Cc1cnc(CN2C(=O)CNC(=O)C2C(C)C)o1. The number of amides is 2. The average Bonchev–Trinajstić information content (AvgIpc) is 2.69. The maximum Gasteiger partial charge on any atom is 0.243 e. The van der Waals surface area contributed by atoms with Gasteiger partial charge in [-0.15, -0.1) is 0 Å². The normalized spacial score (nSPS) is 20.4. The van der Waals surface area contributed by atoms with Gasteiger partial charge in [-0.3, -0.25) is 9.59 Å². The molecule has 98 valence electrons. The number of nitrogens with zero attached hydrogens (tertiary/aromatic N) is 2. The Morgan fingerprint density at radius 3 is 2.83 bits per heavy atom. The van der Waals surface area contributed by atoms with E-state index in [1.165, 1.54) is 4.90 Å². The van der Waals surface area contributed by atoms with Crippen molar-refractivity contribution in [3.05, 3.63) is 17.8 Å². The molecule has 0 radical (unpaired) electrons. The first-order valence-corrected chi connectivity index (χ1v) is 5.97. The summed E-state index contributed by atoms with van der Waals surface area (Å²) in [6.45, 7) is 5.90. The van der Waals surface area contributed by atoms with Gasteiger partial charge in [-0.25, -0.2) is 4.98 Å². The monoisotopic (exact) mass is 251 g/mol. The maximum absolute atomic E-state index is 11.9. The van der Waals surface area contributed by atoms with Crippen molar-refractivity contribution in [1.29, 1.82) is 0 Å². The van der Waals surface area contributed by atoms with E-state index in [-0.39, 0.29) is 30.8 Å². The van der Waals surface area contributed by atoms with Gasteiger partial charge in [0.05, 0.1) is 19.3 Å². The Hall–Kier alpha value is -1.85. The fraction of sp³-hybridized carbons (Fsp3) is 0.583. The summed E-state index contributed by atoms with van der Waals surface area (Å²) in [5.74, 6) is 0.976. The first-order valence-electron chi connectivity index (χ1n) is 5.97. The fourth-order valence-corrected chi connectivity index (χ4v) is 2.13. The first kappa shape index (κ1) is 12.6. The van der Waals surface area contributed by atoms with Gasteiger partial charge in [-0.1, -0.05) is 13.8 Å². The number of carbonyl (C=O) groups is 2. The van der Waals surface area contributed by atoms with E-state index in [2.05, 4.69) is 10.3 Å². The van der Waals surface area contributed by atoms with Crippen LogP contribution in [0.25, 0.3) is 0 Å². The summed E-state index contributed by atoms with van der Waals surface area (Å²) in [7, 11) is 0. The molecule has 2 amide bonds. The lowest BCUT2D eigenvalue weighted by atomic mass is 9.99. The third-order valence-corrected chi connectivity index (χ3v) is 2.94. The quantitative estimate of drug-likeness (QED) is 0.847. The highest BCUT2D eigenvalue weighted by atomic mass is 16.4. The molecule has 2 heterocycles. The molecule has 1 fully saturated rings. The van der Waals surface area contributed by atoms with E-state index in [0.717, 1.165) is 0 Å². The number of oxazole rings is 1. The zero-order chi connectivity index (χ0) is 13.3. The molecule has 1 aromatic heterocycles. The Bertz CT molecular complexity index is 467. The Labute approximate surface area is 105 Å². The van der Waals surface area contributed by atoms with Crippen molar-refractivity contribution in [3.8, 4) is 0 Å². The van der Waals surface area contributed by atoms with Crippen LogP contribution in [0.2, 0.25) is 0 Å². The zero-order valence-corrected chi connectivity index (χ0v) is 10.8. The third-order valence-electron chi connectivity index (χ3n) is 2.94. The minimum atomic E-state index is -0.460. The smallest absolute Gasteiger partial charge is 0.243 e. The summed E-state index contributed by atoms with van der Waals surface area (Å²) in [6, 6.07) is -0.460. The summed E-state index contributed by atoms with van der Waals surface area (Å²) in [4.78, 5) is 29.3. The lowest BCUT2D eigenvalue weighted by molar-refractivity contribution is -0.148. The molecule has 1 atom stereocenters. The van der Waals surface area contributed by atoms with Crippen LogP contribution in [0.4, 0.5) is 0 Å². The van der Waals surface area contributed by atoms with Crippen molar-refractivity contribution in [2.24, 2.45) is 5.92 Å². The van der Waals surface area contributed by atoms with Gasteiger partial charge in [-0.05, 0) is 12.8 Å².